The molecule has 1 fully saturated rings. The van der Waals surface area contributed by atoms with E-state index in [9.17, 15) is 14.0 Å². The summed E-state index contributed by atoms with van der Waals surface area (Å²) in [6, 6.07) is 9.18. The predicted molar refractivity (Wildman–Crippen MR) is 77.2 cm³/mol. The molecule has 22 heavy (non-hydrogen) atoms. The van der Waals surface area contributed by atoms with Crippen molar-refractivity contribution in [1.82, 2.24) is 5.32 Å². The van der Waals surface area contributed by atoms with Gasteiger partial charge in [-0.3, -0.25) is 9.59 Å². The van der Waals surface area contributed by atoms with Crippen molar-refractivity contribution in [2.75, 3.05) is 5.32 Å². The van der Waals surface area contributed by atoms with E-state index in [2.05, 4.69) is 10.6 Å². The Kier molecular flexibility index (Phi) is 3.91. The van der Waals surface area contributed by atoms with Gasteiger partial charge in [-0.15, -0.1) is 0 Å². The number of halogens is 1. The molecule has 114 valence electrons. The van der Waals surface area contributed by atoms with Crippen molar-refractivity contribution in [2.45, 2.75) is 13.0 Å². The molecule has 2 atom stereocenters. The highest BCUT2D eigenvalue weighted by Crippen LogP contribution is 2.39. The second-order valence-electron chi connectivity index (χ2n) is 5.25. The van der Waals surface area contributed by atoms with Crippen LogP contribution >= 0.6 is 0 Å². The number of hydrogen-bond acceptors (Lipinski definition) is 3. The Morgan fingerprint density at radius 1 is 1.18 bits per heavy atom. The van der Waals surface area contributed by atoms with Gasteiger partial charge >= 0.3 is 0 Å². The van der Waals surface area contributed by atoms with Crippen molar-refractivity contribution in [2.24, 2.45) is 11.8 Å². The first kappa shape index (κ1) is 14.3. The van der Waals surface area contributed by atoms with Crippen LogP contribution < -0.4 is 10.6 Å². The molecule has 0 bridgehead atoms. The van der Waals surface area contributed by atoms with Crippen molar-refractivity contribution in [1.29, 1.82) is 0 Å². The SMILES string of the molecule is O=C(NCc1ccco1)C1CC1C(=O)Nc1cccc(F)c1. The highest BCUT2D eigenvalue weighted by Gasteiger charge is 2.47. The summed E-state index contributed by atoms with van der Waals surface area (Å²) in [6.07, 6.45) is 2.04. The maximum absolute atomic E-state index is 13.0. The van der Waals surface area contributed by atoms with Crippen LogP contribution in [0.3, 0.4) is 0 Å². The van der Waals surface area contributed by atoms with Crippen molar-refractivity contribution < 1.29 is 18.4 Å². The van der Waals surface area contributed by atoms with Crippen LogP contribution in [0.4, 0.5) is 10.1 Å². The van der Waals surface area contributed by atoms with Crippen molar-refractivity contribution in [3.8, 4) is 0 Å². The zero-order chi connectivity index (χ0) is 15.5. The molecule has 1 saturated carbocycles. The number of rotatable bonds is 5. The topological polar surface area (TPSA) is 71.3 Å². The molecule has 2 aromatic rings. The van der Waals surface area contributed by atoms with Gasteiger partial charge in [0, 0.05) is 5.69 Å². The molecule has 1 heterocycles. The lowest BCUT2D eigenvalue weighted by Gasteiger charge is -2.05. The van der Waals surface area contributed by atoms with Gasteiger partial charge < -0.3 is 15.1 Å². The summed E-state index contributed by atoms with van der Waals surface area (Å²) in [7, 11) is 0. The predicted octanol–water partition coefficient (Wildman–Crippen LogP) is 2.31. The van der Waals surface area contributed by atoms with Crippen LogP contribution in [0, 0.1) is 17.7 Å². The fourth-order valence-corrected chi connectivity index (χ4v) is 2.29. The Morgan fingerprint density at radius 2 is 2.00 bits per heavy atom. The molecule has 0 radical (unpaired) electrons. The summed E-state index contributed by atoms with van der Waals surface area (Å²) in [5.74, 6) is -0.876. The lowest BCUT2D eigenvalue weighted by Crippen LogP contribution is -2.26. The maximum atomic E-state index is 13.0. The number of anilines is 1. The van der Waals surface area contributed by atoms with Crippen LogP contribution in [0.2, 0.25) is 0 Å². The number of carbonyl (C=O) groups excluding carboxylic acids is 2. The van der Waals surface area contributed by atoms with Gasteiger partial charge in [0.15, 0.2) is 0 Å². The van der Waals surface area contributed by atoms with Crippen molar-refractivity contribution >= 4 is 17.5 Å². The molecule has 0 aliphatic heterocycles. The minimum atomic E-state index is -0.415. The number of carbonyl (C=O) groups is 2. The van der Waals surface area contributed by atoms with E-state index in [0.29, 0.717) is 24.4 Å². The molecule has 0 saturated heterocycles. The summed E-state index contributed by atoms with van der Waals surface area (Å²) in [5, 5.41) is 5.35. The van der Waals surface area contributed by atoms with E-state index in [4.69, 9.17) is 4.42 Å². The third kappa shape index (κ3) is 3.33. The smallest absolute Gasteiger partial charge is 0.228 e. The molecule has 2 amide bonds. The fraction of sp³-hybridized carbons (Fsp3) is 0.250. The van der Waals surface area contributed by atoms with Gasteiger partial charge in [0.1, 0.15) is 11.6 Å². The molecule has 1 aromatic heterocycles. The van der Waals surface area contributed by atoms with Gasteiger partial charge in [-0.05, 0) is 36.8 Å². The van der Waals surface area contributed by atoms with Gasteiger partial charge in [-0.2, -0.15) is 0 Å². The maximum Gasteiger partial charge on any atom is 0.228 e. The summed E-state index contributed by atoms with van der Waals surface area (Å²) < 4.78 is 18.2. The monoisotopic (exact) mass is 302 g/mol. The number of amides is 2. The van der Waals surface area contributed by atoms with Crippen LogP contribution in [-0.4, -0.2) is 11.8 Å². The number of benzene rings is 1. The van der Waals surface area contributed by atoms with E-state index >= 15 is 0 Å². The molecule has 5 nitrogen and oxygen atoms in total. The number of nitrogens with one attached hydrogen (secondary N) is 2. The van der Waals surface area contributed by atoms with Gasteiger partial charge in [0.2, 0.25) is 11.8 Å². The largest absolute Gasteiger partial charge is 0.467 e. The van der Waals surface area contributed by atoms with Crippen molar-refractivity contribution in [3.63, 3.8) is 0 Å². The molecule has 2 N–H and O–H groups in total. The highest BCUT2D eigenvalue weighted by molar-refractivity contribution is 5.99. The van der Waals surface area contributed by atoms with E-state index in [1.54, 1.807) is 18.2 Å². The van der Waals surface area contributed by atoms with E-state index in [1.165, 1.54) is 24.5 Å². The fourth-order valence-electron chi connectivity index (χ4n) is 2.29. The van der Waals surface area contributed by atoms with Gasteiger partial charge in [0.25, 0.3) is 0 Å². The molecule has 6 heteroatoms. The van der Waals surface area contributed by atoms with Crippen molar-refractivity contribution in [3.05, 3.63) is 54.2 Å². The molecular formula is C16H15FN2O3. The summed E-state index contributed by atoms with van der Waals surface area (Å²) in [4.78, 5) is 23.9. The normalized spacial score (nSPS) is 19.5. The van der Waals surface area contributed by atoms with Gasteiger partial charge in [-0.25, -0.2) is 4.39 Å². The zero-order valence-electron chi connectivity index (χ0n) is 11.7. The lowest BCUT2D eigenvalue weighted by atomic mass is 10.2. The first-order chi connectivity index (χ1) is 10.6. The van der Waals surface area contributed by atoms with Gasteiger partial charge in [-0.1, -0.05) is 6.07 Å². The zero-order valence-corrected chi connectivity index (χ0v) is 11.7. The Balaban J connectivity index is 1.48. The van der Waals surface area contributed by atoms with Crippen LogP contribution in [0.5, 0.6) is 0 Å². The quantitative estimate of drug-likeness (QED) is 0.890. The first-order valence-electron chi connectivity index (χ1n) is 7.00. The molecule has 1 aromatic carbocycles. The number of hydrogen-bond donors (Lipinski definition) is 2. The summed E-state index contributed by atoms with van der Waals surface area (Å²) in [5.41, 5.74) is 0.395. The van der Waals surface area contributed by atoms with Crippen LogP contribution in [0.25, 0.3) is 0 Å². The molecule has 0 spiro atoms. The van der Waals surface area contributed by atoms with Crippen LogP contribution in [0.1, 0.15) is 12.2 Å². The Bertz CT molecular complexity index is 684. The second kappa shape index (κ2) is 6.01. The van der Waals surface area contributed by atoms with Crippen LogP contribution in [-0.2, 0) is 16.1 Å². The summed E-state index contributed by atoms with van der Waals surface area (Å²) >= 11 is 0. The number of furan rings is 1. The highest BCUT2D eigenvalue weighted by atomic mass is 19.1. The molecule has 2 unspecified atom stereocenters. The average Bonchev–Trinajstić information content (AvgIpc) is 3.13. The molecular weight excluding hydrogens is 287 g/mol. The Hall–Kier alpha value is -2.63. The summed E-state index contributed by atoms with van der Waals surface area (Å²) in [6.45, 7) is 0.306. The third-order valence-corrected chi connectivity index (χ3v) is 3.57. The van der Waals surface area contributed by atoms with E-state index in [-0.39, 0.29) is 23.7 Å². The minimum absolute atomic E-state index is 0.171. The third-order valence-electron chi connectivity index (χ3n) is 3.57. The Labute approximate surface area is 126 Å². The van der Waals surface area contributed by atoms with E-state index in [0.717, 1.165) is 0 Å². The standard InChI is InChI=1S/C16H15FN2O3/c17-10-3-1-4-11(7-10)19-16(21)14-8-13(14)15(20)18-9-12-5-2-6-22-12/h1-7,13-14H,8-9H2,(H,18,20)(H,19,21). The molecule has 3 rings (SSSR count). The molecule has 1 aliphatic rings. The lowest BCUT2D eigenvalue weighted by molar-refractivity contribution is -0.125. The minimum Gasteiger partial charge on any atom is -0.467 e. The van der Waals surface area contributed by atoms with Gasteiger partial charge in [0.05, 0.1) is 24.6 Å². The van der Waals surface area contributed by atoms with Crippen LogP contribution in [0.15, 0.2) is 47.1 Å². The second-order valence-corrected chi connectivity index (χ2v) is 5.25. The Morgan fingerprint density at radius 3 is 2.73 bits per heavy atom. The molecule has 1 aliphatic carbocycles. The first-order valence-corrected chi connectivity index (χ1v) is 7.00. The van der Waals surface area contributed by atoms with E-state index < -0.39 is 5.82 Å². The van der Waals surface area contributed by atoms with E-state index in [1.807, 2.05) is 0 Å². The average molecular weight is 302 g/mol.